The molecule has 0 saturated heterocycles. The molecule has 1 rings (SSSR count). The van der Waals surface area contributed by atoms with E-state index in [0.29, 0.717) is 11.7 Å². The maximum absolute atomic E-state index is 11.3. The van der Waals surface area contributed by atoms with E-state index >= 15 is 0 Å². The van der Waals surface area contributed by atoms with Crippen LogP contribution in [0.5, 0.6) is 0 Å². The maximum Gasteiger partial charge on any atom is 0.270 e. The van der Waals surface area contributed by atoms with Gasteiger partial charge in [-0.25, -0.2) is 4.98 Å². The number of carbonyl (C=O) groups excluding carboxylic acids is 1. The van der Waals surface area contributed by atoms with Gasteiger partial charge in [0.15, 0.2) is 5.13 Å². The molecule has 4 nitrogen and oxygen atoms in total. The van der Waals surface area contributed by atoms with Crippen molar-refractivity contribution in [3.05, 3.63) is 10.6 Å². The molecular formula is C9H15N3OS. The minimum atomic E-state index is -0.129. The Kier molecular flexibility index (Phi) is 3.46. The molecule has 0 radical (unpaired) electrons. The van der Waals surface area contributed by atoms with Crippen molar-refractivity contribution in [3.63, 3.8) is 0 Å². The number of carbonyl (C=O) groups is 1. The summed E-state index contributed by atoms with van der Waals surface area (Å²) in [5, 5.41) is 6.54. The van der Waals surface area contributed by atoms with Crippen molar-refractivity contribution in [2.45, 2.75) is 26.8 Å². The van der Waals surface area contributed by atoms with Gasteiger partial charge in [0, 0.05) is 18.0 Å². The molecule has 0 spiro atoms. The number of aromatic nitrogens is 1. The van der Waals surface area contributed by atoms with Crippen LogP contribution in [0.3, 0.4) is 0 Å². The van der Waals surface area contributed by atoms with Gasteiger partial charge in [-0.2, -0.15) is 0 Å². The Morgan fingerprint density at radius 1 is 1.50 bits per heavy atom. The Labute approximate surface area is 87.7 Å². The van der Waals surface area contributed by atoms with E-state index in [1.807, 2.05) is 20.8 Å². The summed E-state index contributed by atoms with van der Waals surface area (Å²) in [4.78, 5) is 16.5. The van der Waals surface area contributed by atoms with Gasteiger partial charge in [-0.15, -0.1) is 11.3 Å². The van der Waals surface area contributed by atoms with Crippen molar-refractivity contribution in [2.24, 2.45) is 0 Å². The standard InChI is InChI=1S/C9H15N3OS/c1-5(2)11-9-12-7(6(3)14-9)8(13)10-4/h5H,1-4H3,(H,10,13)(H,11,12). The smallest absolute Gasteiger partial charge is 0.270 e. The molecule has 0 aliphatic carbocycles. The van der Waals surface area contributed by atoms with Crippen LogP contribution >= 0.6 is 11.3 Å². The molecule has 2 N–H and O–H groups in total. The van der Waals surface area contributed by atoms with Gasteiger partial charge in [0.25, 0.3) is 5.91 Å². The first-order valence-electron chi connectivity index (χ1n) is 4.50. The van der Waals surface area contributed by atoms with Crippen LogP contribution < -0.4 is 10.6 Å². The Bertz CT molecular complexity index is 333. The monoisotopic (exact) mass is 213 g/mol. The first-order valence-corrected chi connectivity index (χ1v) is 5.32. The van der Waals surface area contributed by atoms with Gasteiger partial charge in [0.05, 0.1) is 0 Å². The Morgan fingerprint density at radius 3 is 2.64 bits per heavy atom. The van der Waals surface area contributed by atoms with E-state index in [1.165, 1.54) is 11.3 Å². The molecule has 1 amide bonds. The summed E-state index contributed by atoms with van der Waals surface area (Å²) >= 11 is 1.50. The molecule has 14 heavy (non-hydrogen) atoms. The number of hydrogen-bond donors (Lipinski definition) is 2. The van der Waals surface area contributed by atoms with Crippen molar-refractivity contribution in [3.8, 4) is 0 Å². The lowest BCUT2D eigenvalue weighted by Crippen LogP contribution is -2.19. The summed E-state index contributed by atoms with van der Waals surface area (Å²) in [7, 11) is 1.61. The van der Waals surface area contributed by atoms with E-state index < -0.39 is 0 Å². The predicted molar refractivity (Wildman–Crippen MR) is 59.0 cm³/mol. The van der Waals surface area contributed by atoms with Crippen LogP contribution in [0.15, 0.2) is 0 Å². The summed E-state index contributed by atoms with van der Waals surface area (Å²) in [5.74, 6) is -0.129. The average molecular weight is 213 g/mol. The third-order valence-corrected chi connectivity index (χ3v) is 2.55. The summed E-state index contributed by atoms with van der Waals surface area (Å²) < 4.78 is 0. The lowest BCUT2D eigenvalue weighted by molar-refractivity contribution is 0.0958. The molecule has 0 aliphatic heterocycles. The Balaban J connectivity index is 2.87. The van der Waals surface area contributed by atoms with E-state index in [-0.39, 0.29) is 5.91 Å². The van der Waals surface area contributed by atoms with Crippen molar-refractivity contribution in [1.29, 1.82) is 0 Å². The molecule has 1 aromatic rings. The van der Waals surface area contributed by atoms with Gasteiger partial charge in [-0.3, -0.25) is 4.79 Å². The highest BCUT2D eigenvalue weighted by Crippen LogP contribution is 2.22. The number of aryl methyl sites for hydroxylation is 1. The van der Waals surface area contributed by atoms with Crippen LogP contribution in [0.2, 0.25) is 0 Å². The van der Waals surface area contributed by atoms with Crippen LogP contribution in [0.4, 0.5) is 5.13 Å². The topological polar surface area (TPSA) is 54.0 Å². The Hall–Kier alpha value is -1.10. The first kappa shape index (κ1) is 11.0. The zero-order valence-electron chi connectivity index (χ0n) is 8.84. The highest BCUT2D eigenvalue weighted by molar-refractivity contribution is 7.15. The van der Waals surface area contributed by atoms with Crippen LogP contribution in [0.1, 0.15) is 29.2 Å². The molecular weight excluding hydrogens is 198 g/mol. The zero-order chi connectivity index (χ0) is 10.7. The molecule has 5 heteroatoms. The van der Waals surface area contributed by atoms with Gasteiger partial charge in [0.1, 0.15) is 5.69 Å². The lowest BCUT2D eigenvalue weighted by Gasteiger charge is -2.04. The predicted octanol–water partition coefficient (Wildman–Crippen LogP) is 1.63. The van der Waals surface area contributed by atoms with Crippen LogP contribution in [0, 0.1) is 6.92 Å². The summed E-state index contributed by atoms with van der Waals surface area (Å²) in [5.41, 5.74) is 0.514. The maximum atomic E-state index is 11.3. The molecule has 0 aromatic carbocycles. The number of amides is 1. The SMILES string of the molecule is CNC(=O)c1nc(NC(C)C)sc1C. The fourth-order valence-electron chi connectivity index (χ4n) is 1.03. The molecule has 0 aliphatic rings. The quantitative estimate of drug-likeness (QED) is 0.802. The van der Waals surface area contributed by atoms with Crippen LogP contribution in [-0.4, -0.2) is 24.0 Å². The van der Waals surface area contributed by atoms with Gasteiger partial charge in [-0.1, -0.05) is 0 Å². The van der Waals surface area contributed by atoms with E-state index in [1.54, 1.807) is 7.05 Å². The fraction of sp³-hybridized carbons (Fsp3) is 0.556. The van der Waals surface area contributed by atoms with Gasteiger partial charge < -0.3 is 10.6 Å². The first-order chi connectivity index (χ1) is 6.54. The molecule has 78 valence electrons. The van der Waals surface area contributed by atoms with E-state index in [9.17, 15) is 4.79 Å². The van der Waals surface area contributed by atoms with Gasteiger partial charge in [0.2, 0.25) is 0 Å². The van der Waals surface area contributed by atoms with Gasteiger partial charge in [-0.05, 0) is 20.8 Å². The summed E-state index contributed by atoms with van der Waals surface area (Å²) in [6, 6.07) is 0.332. The number of anilines is 1. The van der Waals surface area contributed by atoms with Crippen molar-refractivity contribution in [1.82, 2.24) is 10.3 Å². The second-order valence-electron chi connectivity index (χ2n) is 3.30. The number of hydrogen-bond acceptors (Lipinski definition) is 4. The Morgan fingerprint density at radius 2 is 2.14 bits per heavy atom. The van der Waals surface area contributed by atoms with Gasteiger partial charge >= 0.3 is 0 Å². The molecule has 1 aromatic heterocycles. The minimum absolute atomic E-state index is 0.129. The fourth-order valence-corrected chi connectivity index (χ4v) is 1.99. The number of rotatable bonds is 3. The molecule has 0 atom stereocenters. The highest BCUT2D eigenvalue weighted by atomic mass is 32.1. The molecule has 0 fully saturated rings. The number of thiazole rings is 1. The minimum Gasteiger partial charge on any atom is -0.359 e. The van der Waals surface area contributed by atoms with Crippen LogP contribution in [-0.2, 0) is 0 Å². The molecule has 1 heterocycles. The molecule has 0 bridgehead atoms. The van der Waals surface area contributed by atoms with Crippen LogP contribution in [0.25, 0.3) is 0 Å². The molecule has 0 unspecified atom stereocenters. The highest BCUT2D eigenvalue weighted by Gasteiger charge is 2.13. The second kappa shape index (κ2) is 4.41. The van der Waals surface area contributed by atoms with E-state index in [2.05, 4.69) is 15.6 Å². The normalized spacial score (nSPS) is 10.4. The largest absolute Gasteiger partial charge is 0.359 e. The number of nitrogens with zero attached hydrogens (tertiary/aromatic N) is 1. The average Bonchev–Trinajstić information content (AvgIpc) is 2.44. The van der Waals surface area contributed by atoms with E-state index in [0.717, 1.165) is 10.0 Å². The van der Waals surface area contributed by atoms with Crippen molar-refractivity contribution >= 4 is 22.4 Å². The lowest BCUT2D eigenvalue weighted by atomic mass is 10.3. The molecule has 0 saturated carbocycles. The van der Waals surface area contributed by atoms with Crippen molar-refractivity contribution < 1.29 is 4.79 Å². The zero-order valence-corrected chi connectivity index (χ0v) is 9.66. The summed E-state index contributed by atoms with van der Waals surface area (Å²) in [6.07, 6.45) is 0. The third kappa shape index (κ3) is 2.45. The second-order valence-corrected chi connectivity index (χ2v) is 4.51. The number of nitrogens with one attached hydrogen (secondary N) is 2. The summed E-state index contributed by atoms with van der Waals surface area (Å²) in [6.45, 7) is 5.97. The third-order valence-electron chi connectivity index (χ3n) is 1.65. The van der Waals surface area contributed by atoms with Crippen molar-refractivity contribution in [2.75, 3.05) is 12.4 Å². The van der Waals surface area contributed by atoms with E-state index in [4.69, 9.17) is 0 Å².